The van der Waals surface area contributed by atoms with Gasteiger partial charge in [-0.05, 0) is 38.8 Å². The largest absolute Gasteiger partial charge is 0.493 e. The molecular weight excluding hydrogens is 254 g/mol. The van der Waals surface area contributed by atoms with Gasteiger partial charge in [0.1, 0.15) is 5.75 Å². The molecule has 0 fully saturated rings. The first-order chi connectivity index (χ1) is 9.35. The zero-order valence-corrected chi connectivity index (χ0v) is 12.0. The second-order valence-corrected chi connectivity index (χ2v) is 5.26. The first-order valence-corrected chi connectivity index (χ1v) is 6.40. The third kappa shape index (κ3) is 4.77. The van der Waals surface area contributed by atoms with Crippen LogP contribution < -0.4 is 4.74 Å². The van der Waals surface area contributed by atoms with E-state index in [0.29, 0.717) is 18.8 Å². The number of nitrogens with zero attached hydrogens (tertiary/aromatic N) is 1. The maximum Gasteiger partial charge on any atom is 0.328 e. The van der Waals surface area contributed by atoms with Crippen LogP contribution in [0.15, 0.2) is 24.3 Å². The molecule has 0 radical (unpaired) electrons. The van der Waals surface area contributed by atoms with Crippen LogP contribution in [0.2, 0.25) is 0 Å². The Morgan fingerprint density at radius 3 is 2.80 bits per heavy atom. The van der Waals surface area contributed by atoms with E-state index in [0.717, 1.165) is 17.2 Å². The van der Waals surface area contributed by atoms with Crippen molar-refractivity contribution in [3.8, 4) is 11.8 Å². The van der Waals surface area contributed by atoms with E-state index in [1.807, 2.05) is 32.9 Å². The van der Waals surface area contributed by atoms with Crippen molar-refractivity contribution in [2.45, 2.75) is 27.2 Å². The first kappa shape index (κ1) is 15.8. The van der Waals surface area contributed by atoms with Crippen LogP contribution in [0, 0.1) is 23.7 Å². The fourth-order valence-corrected chi connectivity index (χ4v) is 1.63. The summed E-state index contributed by atoms with van der Waals surface area (Å²) in [6, 6.07) is 7.78. The molecule has 0 heterocycles. The summed E-state index contributed by atoms with van der Waals surface area (Å²) in [6.45, 7) is 6.04. The van der Waals surface area contributed by atoms with E-state index in [-0.39, 0.29) is 0 Å². The van der Waals surface area contributed by atoms with Crippen LogP contribution in [0.3, 0.4) is 0 Å². The Labute approximate surface area is 119 Å². The Morgan fingerprint density at radius 1 is 1.50 bits per heavy atom. The number of para-hydroxylation sites is 1. The molecule has 0 saturated heterocycles. The molecule has 0 amide bonds. The number of carboxylic acid groups (broad SMARTS) is 1. The number of rotatable bonds is 6. The number of ether oxygens (including phenoxy) is 1. The van der Waals surface area contributed by atoms with E-state index in [4.69, 9.17) is 15.1 Å². The van der Waals surface area contributed by atoms with Gasteiger partial charge in [-0.1, -0.05) is 18.2 Å². The molecule has 4 heteroatoms. The lowest BCUT2D eigenvalue weighted by molar-refractivity contribution is -0.131. The molecule has 0 bridgehead atoms. The average molecular weight is 273 g/mol. The van der Waals surface area contributed by atoms with E-state index in [1.165, 1.54) is 6.08 Å². The standard InChI is InChI=1S/C16H19NO3/c1-12-5-4-6-13(7-8-14(18)19)15(12)20-10-9-16(2,3)11-17/h4-8H,9-10H2,1-3H3,(H,18,19)/b8-7+. The molecule has 4 nitrogen and oxygen atoms in total. The van der Waals surface area contributed by atoms with Crippen molar-refractivity contribution >= 4 is 12.0 Å². The third-order valence-corrected chi connectivity index (χ3v) is 2.92. The van der Waals surface area contributed by atoms with E-state index >= 15 is 0 Å². The highest BCUT2D eigenvalue weighted by atomic mass is 16.5. The molecule has 1 rings (SSSR count). The summed E-state index contributed by atoms with van der Waals surface area (Å²) < 4.78 is 5.74. The van der Waals surface area contributed by atoms with Gasteiger partial charge in [-0.25, -0.2) is 4.79 Å². The lowest BCUT2D eigenvalue weighted by atomic mass is 9.92. The van der Waals surface area contributed by atoms with Gasteiger partial charge in [0.05, 0.1) is 18.1 Å². The predicted octanol–water partition coefficient (Wildman–Crippen LogP) is 3.41. The smallest absolute Gasteiger partial charge is 0.328 e. The normalized spacial score (nSPS) is 11.3. The third-order valence-electron chi connectivity index (χ3n) is 2.92. The summed E-state index contributed by atoms with van der Waals surface area (Å²) in [7, 11) is 0. The Bertz CT molecular complexity index is 553. The van der Waals surface area contributed by atoms with Gasteiger partial charge < -0.3 is 9.84 Å². The lowest BCUT2D eigenvalue weighted by Crippen LogP contribution is -2.13. The van der Waals surface area contributed by atoms with Crippen molar-refractivity contribution < 1.29 is 14.6 Å². The van der Waals surface area contributed by atoms with Crippen LogP contribution in [-0.2, 0) is 4.79 Å². The Hall–Kier alpha value is -2.28. The summed E-state index contributed by atoms with van der Waals surface area (Å²) in [5.41, 5.74) is 1.23. The van der Waals surface area contributed by atoms with Gasteiger partial charge in [0.15, 0.2) is 0 Å². The molecule has 0 aliphatic rings. The molecule has 20 heavy (non-hydrogen) atoms. The van der Waals surface area contributed by atoms with Crippen LogP contribution in [0.1, 0.15) is 31.4 Å². The maximum absolute atomic E-state index is 10.6. The minimum absolute atomic E-state index is 0.416. The van der Waals surface area contributed by atoms with Crippen LogP contribution in [-0.4, -0.2) is 17.7 Å². The Morgan fingerprint density at radius 2 is 2.20 bits per heavy atom. The average Bonchev–Trinajstić information content (AvgIpc) is 2.38. The number of aliphatic carboxylic acids is 1. The van der Waals surface area contributed by atoms with Crippen LogP contribution in [0.5, 0.6) is 5.75 Å². The highest BCUT2D eigenvalue weighted by molar-refractivity contribution is 5.86. The zero-order valence-electron chi connectivity index (χ0n) is 12.0. The summed E-state index contributed by atoms with van der Waals surface area (Å²) in [6.07, 6.45) is 3.21. The summed E-state index contributed by atoms with van der Waals surface area (Å²) in [5.74, 6) is -0.332. The van der Waals surface area contributed by atoms with E-state index < -0.39 is 11.4 Å². The molecule has 1 N–H and O–H groups in total. The fraction of sp³-hybridized carbons (Fsp3) is 0.375. The minimum Gasteiger partial charge on any atom is -0.493 e. The molecule has 0 atom stereocenters. The summed E-state index contributed by atoms with van der Waals surface area (Å²) >= 11 is 0. The molecule has 1 aromatic rings. The van der Waals surface area contributed by atoms with Crippen molar-refractivity contribution in [1.29, 1.82) is 5.26 Å². The highest BCUT2D eigenvalue weighted by Gasteiger charge is 2.17. The van der Waals surface area contributed by atoms with Gasteiger partial charge in [-0.3, -0.25) is 0 Å². The fourth-order valence-electron chi connectivity index (χ4n) is 1.63. The van der Waals surface area contributed by atoms with Gasteiger partial charge in [0.2, 0.25) is 0 Å². The second-order valence-electron chi connectivity index (χ2n) is 5.26. The predicted molar refractivity (Wildman–Crippen MR) is 77.4 cm³/mol. The lowest BCUT2D eigenvalue weighted by Gasteiger charge is -2.17. The van der Waals surface area contributed by atoms with E-state index in [1.54, 1.807) is 6.07 Å². The summed E-state index contributed by atoms with van der Waals surface area (Å²) in [5, 5.41) is 17.6. The van der Waals surface area contributed by atoms with Crippen molar-refractivity contribution in [3.63, 3.8) is 0 Å². The van der Waals surface area contributed by atoms with E-state index in [2.05, 4.69) is 6.07 Å². The van der Waals surface area contributed by atoms with Crippen molar-refractivity contribution in [1.82, 2.24) is 0 Å². The summed E-state index contributed by atoms with van der Waals surface area (Å²) in [4.78, 5) is 10.6. The number of carboxylic acids is 1. The maximum atomic E-state index is 10.6. The Kier molecular flexibility index (Phi) is 5.33. The molecular formula is C16H19NO3. The monoisotopic (exact) mass is 273 g/mol. The second kappa shape index (κ2) is 6.76. The zero-order chi connectivity index (χ0) is 15.2. The number of aryl methyl sites for hydroxylation is 1. The molecule has 106 valence electrons. The number of nitriles is 1. The van der Waals surface area contributed by atoms with Crippen LogP contribution >= 0.6 is 0 Å². The van der Waals surface area contributed by atoms with Crippen molar-refractivity contribution in [2.24, 2.45) is 5.41 Å². The SMILES string of the molecule is Cc1cccc(/C=C/C(=O)O)c1OCCC(C)(C)C#N. The Balaban J connectivity index is 2.84. The quantitative estimate of drug-likeness (QED) is 0.806. The van der Waals surface area contributed by atoms with Gasteiger partial charge in [0.25, 0.3) is 0 Å². The van der Waals surface area contributed by atoms with Crippen LogP contribution in [0.25, 0.3) is 6.08 Å². The molecule has 0 aromatic heterocycles. The van der Waals surface area contributed by atoms with Gasteiger partial charge >= 0.3 is 5.97 Å². The molecule has 0 aliphatic carbocycles. The van der Waals surface area contributed by atoms with Gasteiger partial charge in [0, 0.05) is 11.6 Å². The molecule has 0 saturated carbocycles. The number of benzene rings is 1. The molecule has 0 aliphatic heterocycles. The topological polar surface area (TPSA) is 70.3 Å². The molecule has 1 aromatic carbocycles. The van der Waals surface area contributed by atoms with E-state index in [9.17, 15) is 4.79 Å². The van der Waals surface area contributed by atoms with Gasteiger partial charge in [-0.2, -0.15) is 5.26 Å². The minimum atomic E-state index is -0.997. The number of hydrogen-bond donors (Lipinski definition) is 1. The molecule has 0 unspecified atom stereocenters. The van der Waals surface area contributed by atoms with Gasteiger partial charge in [-0.15, -0.1) is 0 Å². The first-order valence-electron chi connectivity index (χ1n) is 6.40. The molecule has 0 spiro atoms. The van der Waals surface area contributed by atoms with Crippen molar-refractivity contribution in [2.75, 3.05) is 6.61 Å². The van der Waals surface area contributed by atoms with Crippen LogP contribution in [0.4, 0.5) is 0 Å². The number of carbonyl (C=O) groups is 1. The van der Waals surface area contributed by atoms with Crippen molar-refractivity contribution in [3.05, 3.63) is 35.4 Å². The highest BCUT2D eigenvalue weighted by Crippen LogP contribution is 2.26. The number of hydrogen-bond acceptors (Lipinski definition) is 3.